The van der Waals surface area contributed by atoms with Gasteiger partial charge in [0.15, 0.2) is 0 Å². The molecule has 2 aromatic rings. The molecule has 0 aliphatic heterocycles. The SMILES string of the molecule is Cc1c(O)cc(Cl)c(Nc2ccccc2C(=O)O)c1Cl. The van der Waals surface area contributed by atoms with Gasteiger partial charge in [-0.2, -0.15) is 0 Å². The van der Waals surface area contributed by atoms with Crippen LogP contribution in [0.3, 0.4) is 0 Å². The topological polar surface area (TPSA) is 69.6 Å². The first kappa shape index (κ1) is 14.5. The Morgan fingerprint density at radius 2 is 1.90 bits per heavy atom. The Morgan fingerprint density at radius 3 is 2.55 bits per heavy atom. The fourth-order valence-corrected chi connectivity index (χ4v) is 2.27. The van der Waals surface area contributed by atoms with Crippen molar-refractivity contribution in [1.82, 2.24) is 0 Å². The lowest BCUT2D eigenvalue weighted by molar-refractivity contribution is 0.0698. The molecule has 6 heteroatoms. The maximum Gasteiger partial charge on any atom is 0.337 e. The van der Waals surface area contributed by atoms with Gasteiger partial charge in [0, 0.05) is 11.6 Å². The van der Waals surface area contributed by atoms with Crippen LogP contribution in [0.5, 0.6) is 5.75 Å². The van der Waals surface area contributed by atoms with Gasteiger partial charge in [0.05, 0.1) is 27.0 Å². The molecule has 0 amide bonds. The van der Waals surface area contributed by atoms with Crippen molar-refractivity contribution in [1.29, 1.82) is 0 Å². The molecular formula is C14H11Cl2NO3. The summed E-state index contributed by atoms with van der Waals surface area (Å²) in [5, 5.41) is 22.1. The van der Waals surface area contributed by atoms with E-state index in [9.17, 15) is 9.90 Å². The number of nitrogens with one attached hydrogen (secondary N) is 1. The number of carboxylic acid groups (broad SMARTS) is 1. The van der Waals surface area contributed by atoms with Crippen LogP contribution in [0.15, 0.2) is 30.3 Å². The Bertz CT molecular complexity index is 686. The van der Waals surface area contributed by atoms with Crippen molar-refractivity contribution in [2.45, 2.75) is 6.92 Å². The summed E-state index contributed by atoms with van der Waals surface area (Å²) >= 11 is 12.2. The molecule has 0 saturated heterocycles. The average molecular weight is 312 g/mol. The van der Waals surface area contributed by atoms with E-state index in [4.69, 9.17) is 28.3 Å². The van der Waals surface area contributed by atoms with Crippen LogP contribution in [0.2, 0.25) is 10.0 Å². The highest BCUT2D eigenvalue weighted by molar-refractivity contribution is 6.40. The number of aromatic hydroxyl groups is 1. The predicted octanol–water partition coefficient (Wildman–Crippen LogP) is 4.45. The van der Waals surface area contributed by atoms with Crippen molar-refractivity contribution in [2.24, 2.45) is 0 Å². The third-order valence-corrected chi connectivity index (χ3v) is 3.62. The van der Waals surface area contributed by atoms with Gasteiger partial charge in [-0.3, -0.25) is 0 Å². The number of benzene rings is 2. The first-order chi connectivity index (χ1) is 9.41. The molecule has 0 aliphatic rings. The summed E-state index contributed by atoms with van der Waals surface area (Å²) in [5.41, 5.74) is 1.29. The van der Waals surface area contributed by atoms with Gasteiger partial charge in [-0.1, -0.05) is 35.3 Å². The number of phenols is 1. The molecule has 0 radical (unpaired) electrons. The van der Waals surface area contributed by atoms with E-state index >= 15 is 0 Å². The van der Waals surface area contributed by atoms with E-state index in [1.54, 1.807) is 25.1 Å². The number of carboxylic acids is 1. The quantitative estimate of drug-likeness (QED) is 0.732. The van der Waals surface area contributed by atoms with Crippen LogP contribution in [0.1, 0.15) is 15.9 Å². The third-order valence-electron chi connectivity index (χ3n) is 2.85. The summed E-state index contributed by atoms with van der Waals surface area (Å²) < 4.78 is 0. The number of halogens is 2. The zero-order chi connectivity index (χ0) is 14.9. The molecule has 3 N–H and O–H groups in total. The van der Waals surface area contributed by atoms with Gasteiger partial charge in [-0.25, -0.2) is 4.79 Å². The van der Waals surface area contributed by atoms with Crippen LogP contribution in [0, 0.1) is 6.92 Å². The Morgan fingerprint density at radius 1 is 1.25 bits per heavy atom. The van der Waals surface area contributed by atoms with Gasteiger partial charge in [0.2, 0.25) is 0 Å². The molecule has 0 spiro atoms. The number of hydrogen-bond donors (Lipinski definition) is 3. The van der Waals surface area contributed by atoms with Crippen LogP contribution >= 0.6 is 23.2 Å². The molecule has 2 aromatic carbocycles. The molecule has 0 fully saturated rings. The van der Waals surface area contributed by atoms with E-state index in [2.05, 4.69) is 5.32 Å². The molecule has 0 saturated carbocycles. The molecule has 0 unspecified atom stereocenters. The molecular weight excluding hydrogens is 301 g/mol. The molecule has 104 valence electrons. The Hall–Kier alpha value is -1.91. The molecule has 0 bridgehead atoms. The van der Waals surface area contributed by atoms with Crippen molar-refractivity contribution < 1.29 is 15.0 Å². The number of para-hydroxylation sites is 1. The van der Waals surface area contributed by atoms with Gasteiger partial charge in [0.1, 0.15) is 5.75 Å². The fourth-order valence-electron chi connectivity index (χ4n) is 1.73. The predicted molar refractivity (Wildman–Crippen MR) is 79.5 cm³/mol. The third kappa shape index (κ3) is 2.66. The number of carbonyl (C=O) groups is 1. The lowest BCUT2D eigenvalue weighted by Gasteiger charge is -2.14. The van der Waals surface area contributed by atoms with Crippen LogP contribution in [0.25, 0.3) is 0 Å². The Kier molecular flexibility index (Phi) is 4.06. The minimum absolute atomic E-state index is 0.0166. The summed E-state index contributed by atoms with van der Waals surface area (Å²) in [6.45, 7) is 1.64. The highest BCUT2D eigenvalue weighted by Gasteiger charge is 2.15. The normalized spacial score (nSPS) is 10.3. The lowest BCUT2D eigenvalue weighted by atomic mass is 10.1. The van der Waals surface area contributed by atoms with Crippen LogP contribution in [-0.2, 0) is 0 Å². The molecule has 0 heterocycles. The highest BCUT2D eigenvalue weighted by atomic mass is 35.5. The van der Waals surface area contributed by atoms with E-state index < -0.39 is 5.97 Å². The fraction of sp³-hybridized carbons (Fsp3) is 0.0714. The first-order valence-corrected chi connectivity index (χ1v) is 6.44. The molecule has 0 aromatic heterocycles. The number of phenolic OH excluding ortho intramolecular Hbond substituents is 1. The molecule has 2 rings (SSSR count). The lowest BCUT2D eigenvalue weighted by Crippen LogP contribution is -2.03. The Labute approximate surface area is 125 Å². The molecule has 4 nitrogen and oxygen atoms in total. The minimum Gasteiger partial charge on any atom is -0.508 e. The van der Waals surface area contributed by atoms with E-state index in [-0.39, 0.29) is 21.4 Å². The van der Waals surface area contributed by atoms with Gasteiger partial charge in [0.25, 0.3) is 0 Å². The van der Waals surface area contributed by atoms with E-state index in [1.165, 1.54) is 12.1 Å². The number of rotatable bonds is 3. The van der Waals surface area contributed by atoms with Crippen molar-refractivity contribution in [2.75, 3.05) is 5.32 Å². The number of aromatic carboxylic acids is 1. The number of hydrogen-bond acceptors (Lipinski definition) is 3. The monoisotopic (exact) mass is 311 g/mol. The smallest absolute Gasteiger partial charge is 0.337 e. The van der Waals surface area contributed by atoms with Gasteiger partial charge >= 0.3 is 5.97 Å². The number of anilines is 2. The Balaban J connectivity index is 2.51. The van der Waals surface area contributed by atoms with Gasteiger partial charge in [-0.15, -0.1) is 0 Å². The van der Waals surface area contributed by atoms with Crippen molar-refractivity contribution in [3.8, 4) is 5.75 Å². The molecule has 20 heavy (non-hydrogen) atoms. The van der Waals surface area contributed by atoms with Crippen LogP contribution in [-0.4, -0.2) is 16.2 Å². The largest absolute Gasteiger partial charge is 0.508 e. The summed E-state index contributed by atoms with van der Waals surface area (Å²) in [7, 11) is 0. The van der Waals surface area contributed by atoms with Crippen molar-refractivity contribution in [3.05, 3.63) is 51.5 Å². The van der Waals surface area contributed by atoms with Crippen LogP contribution in [0.4, 0.5) is 11.4 Å². The van der Waals surface area contributed by atoms with E-state index in [0.29, 0.717) is 16.9 Å². The standard InChI is InChI=1S/C14H11Cl2NO3/c1-7-11(18)6-9(15)13(12(7)16)17-10-5-3-2-4-8(10)14(19)20/h2-6,17-18H,1H3,(H,19,20). The zero-order valence-electron chi connectivity index (χ0n) is 10.4. The molecule has 0 aliphatic carbocycles. The maximum atomic E-state index is 11.2. The van der Waals surface area contributed by atoms with E-state index in [1.807, 2.05) is 0 Å². The van der Waals surface area contributed by atoms with Crippen LogP contribution < -0.4 is 5.32 Å². The summed E-state index contributed by atoms with van der Waals surface area (Å²) in [6.07, 6.45) is 0. The first-order valence-electron chi connectivity index (χ1n) is 5.68. The molecule has 0 atom stereocenters. The average Bonchev–Trinajstić information content (AvgIpc) is 2.41. The minimum atomic E-state index is -1.06. The van der Waals surface area contributed by atoms with Gasteiger partial charge < -0.3 is 15.5 Å². The summed E-state index contributed by atoms with van der Waals surface area (Å²) in [4.78, 5) is 11.2. The van der Waals surface area contributed by atoms with Gasteiger partial charge in [-0.05, 0) is 19.1 Å². The van der Waals surface area contributed by atoms with Crippen molar-refractivity contribution >= 4 is 40.5 Å². The highest BCUT2D eigenvalue weighted by Crippen LogP contribution is 2.40. The zero-order valence-corrected chi connectivity index (χ0v) is 12.0. The van der Waals surface area contributed by atoms with Crippen molar-refractivity contribution in [3.63, 3.8) is 0 Å². The van der Waals surface area contributed by atoms with E-state index in [0.717, 1.165) is 0 Å². The summed E-state index contributed by atoms with van der Waals surface area (Å²) in [5.74, 6) is -1.08. The second kappa shape index (κ2) is 5.61. The second-order valence-electron chi connectivity index (χ2n) is 4.17. The summed E-state index contributed by atoms with van der Waals surface area (Å²) in [6, 6.07) is 7.76. The second-order valence-corrected chi connectivity index (χ2v) is 4.95. The maximum absolute atomic E-state index is 11.2.